The van der Waals surface area contributed by atoms with Gasteiger partial charge in [-0.1, -0.05) is 41.6 Å². The molecule has 5 nitrogen and oxygen atoms in total. The maximum atomic E-state index is 12.4. The molecule has 0 aliphatic carbocycles. The van der Waals surface area contributed by atoms with Crippen molar-refractivity contribution in [2.45, 2.75) is 17.0 Å². The third-order valence-electron chi connectivity index (χ3n) is 3.89. The number of nitrogens with zero attached hydrogens (tertiary/aromatic N) is 3. The number of anilines is 1. The summed E-state index contributed by atoms with van der Waals surface area (Å²) in [6.45, 7) is 1.95. The minimum Gasteiger partial charge on any atom is -0.324 e. The number of para-hydroxylation sites is 1. The zero-order valence-electron chi connectivity index (χ0n) is 15.1. The Labute approximate surface area is 177 Å². The highest BCUT2D eigenvalue weighted by Crippen LogP contribution is 2.28. The van der Waals surface area contributed by atoms with Crippen molar-refractivity contribution < 1.29 is 4.79 Å². The molecule has 28 heavy (non-hydrogen) atoms. The van der Waals surface area contributed by atoms with E-state index in [1.54, 1.807) is 6.20 Å². The summed E-state index contributed by atoms with van der Waals surface area (Å²) in [6.07, 6.45) is 3.56. The second-order valence-corrected chi connectivity index (χ2v) is 8.11. The van der Waals surface area contributed by atoms with Crippen molar-refractivity contribution in [2.24, 2.45) is 0 Å². The van der Waals surface area contributed by atoms with Gasteiger partial charge in [0.2, 0.25) is 5.91 Å². The summed E-state index contributed by atoms with van der Waals surface area (Å²) >= 11 is 8.97. The zero-order valence-corrected chi connectivity index (χ0v) is 17.4. The van der Waals surface area contributed by atoms with E-state index < -0.39 is 0 Å². The number of aromatic nitrogens is 2. The first kappa shape index (κ1) is 20.3. The summed E-state index contributed by atoms with van der Waals surface area (Å²) in [5.41, 5.74) is 2.60. The van der Waals surface area contributed by atoms with Crippen molar-refractivity contribution in [2.75, 3.05) is 16.8 Å². The van der Waals surface area contributed by atoms with E-state index in [0.29, 0.717) is 21.6 Å². The smallest absolute Gasteiger partial charge is 0.234 e. The third kappa shape index (κ3) is 4.90. The predicted octanol–water partition coefficient (Wildman–Crippen LogP) is 5.18. The lowest BCUT2D eigenvalue weighted by Crippen LogP contribution is -2.15. The molecule has 1 N–H and O–H groups in total. The molecule has 0 fully saturated rings. The molecule has 8 heteroatoms. The van der Waals surface area contributed by atoms with Crippen LogP contribution < -0.4 is 5.32 Å². The fourth-order valence-electron chi connectivity index (χ4n) is 2.56. The molecule has 0 spiro atoms. The van der Waals surface area contributed by atoms with Crippen LogP contribution in [0.3, 0.4) is 0 Å². The Morgan fingerprint density at radius 1 is 1.25 bits per heavy atom. The van der Waals surface area contributed by atoms with Crippen LogP contribution in [0.1, 0.15) is 5.56 Å². The molecule has 1 amide bonds. The number of carbonyl (C=O) groups is 1. The number of benzene rings is 2. The van der Waals surface area contributed by atoms with Gasteiger partial charge in [0.05, 0.1) is 28.9 Å². The Morgan fingerprint density at radius 3 is 2.89 bits per heavy atom. The molecular formula is C20H17ClN4OS2. The highest BCUT2D eigenvalue weighted by atomic mass is 35.5. The first-order valence-corrected chi connectivity index (χ1v) is 10.8. The molecule has 3 aromatic rings. The molecule has 2 aromatic carbocycles. The van der Waals surface area contributed by atoms with E-state index in [2.05, 4.69) is 16.4 Å². The Morgan fingerprint density at radius 2 is 2.07 bits per heavy atom. The lowest BCUT2D eigenvalue weighted by Gasteiger charge is -2.12. The van der Waals surface area contributed by atoms with Crippen molar-refractivity contribution in [3.63, 3.8) is 0 Å². The van der Waals surface area contributed by atoms with E-state index in [-0.39, 0.29) is 11.7 Å². The number of hydrogen-bond donors (Lipinski definition) is 1. The van der Waals surface area contributed by atoms with E-state index in [1.165, 1.54) is 23.5 Å². The van der Waals surface area contributed by atoms with Crippen LogP contribution in [0.5, 0.6) is 0 Å². The lowest BCUT2D eigenvalue weighted by atomic mass is 10.2. The molecule has 0 saturated heterocycles. The van der Waals surface area contributed by atoms with Gasteiger partial charge in [-0.15, -0.1) is 11.8 Å². The van der Waals surface area contributed by atoms with E-state index in [0.717, 1.165) is 16.1 Å². The number of thioether (sulfide) groups is 2. The number of hydrogen-bond acceptors (Lipinski definition) is 5. The molecule has 0 radical (unpaired) electrons. The maximum Gasteiger partial charge on any atom is 0.234 e. The average molecular weight is 429 g/mol. The molecule has 3 rings (SSSR count). The Hall–Kier alpha value is -2.40. The molecular weight excluding hydrogens is 412 g/mol. The number of nitriles is 1. The average Bonchev–Trinajstić information content (AvgIpc) is 3.16. The molecule has 1 heterocycles. The summed E-state index contributed by atoms with van der Waals surface area (Å²) in [4.78, 5) is 17.7. The van der Waals surface area contributed by atoms with Gasteiger partial charge in [-0.05, 0) is 36.8 Å². The van der Waals surface area contributed by atoms with Crippen molar-refractivity contribution in [3.8, 4) is 11.8 Å². The van der Waals surface area contributed by atoms with Gasteiger partial charge in [0.1, 0.15) is 0 Å². The first-order chi connectivity index (χ1) is 13.6. The Balaban J connectivity index is 1.68. The number of rotatable bonds is 7. The van der Waals surface area contributed by atoms with Gasteiger partial charge in [-0.25, -0.2) is 4.98 Å². The number of imidazole rings is 1. The number of nitrogens with one attached hydrogen (secondary N) is 1. The van der Waals surface area contributed by atoms with Crippen molar-refractivity contribution in [1.29, 1.82) is 5.26 Å². The summed E-state index contributed by atoms with van der Waals surface area (Å²) in [5, 5.41) is 13.1. The van der Waals surface area contributed by atoms with Crippen LogP contribution in [0.25, 0.3) is 5.69 Å². The SMILES string of the molecule is Cc1c(Cl)cccc1-n1ccnc1SCC(=O)Nc1ccccc1SCC#N. The minimum absolute atomic E-state index is 0.132. The molecule has 0 aliphatic rings. The van der Waals surface area contributed by atoms with E-state index in [1.807, 2.05) is 60.2 Å². The largest absolute Gasteiger partial charge is 0.324 e. The van der Waals surface area contributed by atoms with Gasteiger partial charge in [-0.2, -0.15) is 5.26 Å². The second kappa shape index (κ2) is 9.69. The second-order valence-electron chi connectivity index (χ2n) is 5.74. The summed E-state index contributed by atoms with van der Waals surface area (Å²) in [5.74, 6) is 0.415. The van der Waals surface area contributed by atoms with Crippen LogP contribution in [0.2, 0.25) is 5.02 Å². The van der Waals surface area contributed by atoms with Crippen molar-refractivity contribution >= 4 is 46.7 Å². The summed E-state index contributed by atoms with van der Waals surface area (Å²) in [7, 11) is 0. The molecule has 0 atom stereocenters. The topological polar surface area (TPSA) is 70.7 Å². The van der Waals surface area contributed by atoms with Crippen LogP contribution in [0.15, 0.2) is 64.9 Å². The molecule has 0 saturated carbocycles. The summed E-state index contributed by atoms with van der Waals surface area (Å²) in [6, 6.07) is 15.3. The van der Waals surface area contributed by atoms with Crippen LogP contribution in [0.4, 0.5) is 5.69 Å². The Kier molecular flexibility index (Phi) is 7.04. The Bertz CT molecular complexity index is 1030. The van der Waals surface area contributed by atoms with E-state index in [9.17, 15) is 4.79 Å². The van der Waals surface area contributed by atoms with E-state index in [4.69, 9.17) is 16.9 Å². The molecule has 1 aromatic heterocycles. The fraction of sp³-hybridized carbons (Fsp3) is 0.150. The highest BCUT2D eigenvalue weighted by Gasteiger charge is 2.13. The van der Waals surface area contributed by atoms with Crippen LogP contribution >= 0.6 is 35.1 Å². The van der Waals surface area contributed by atoms with Gasteiger partial charge in [0.25, 0.3) is 0 Å². The predicted molar refractivity (Wildman–Crippen MR) is 115 cm³/mol. The quantitative estimate of drug-likeness (QED) is 0.525. The number of carbonyl (C=O) groups excluding carboxylic acids is 1. The van der Waals surface area contributed by atoms with Crippen LogP contribution in [-0.4, -0.2) is 27.0 Å². The van der Waals surface area contributed by atoms with Gasteiger partial charge in [-0.3, -0.25) is 9.36 Å². The van der Waals surface area contributed by atoms with Crippen LogP contribution in [-0.2, 0) is 4.79 Å². The first-order valence-electron chi connectivity index (χ1n) is 8.40. The molecule has 0 aliphatic heterocycles. The fourth-order valence-corrected chi connectivity index (χ4v) is 4.16. The zero-order chi connectivity index (χ0) is 19.9. The lowest BCUT2D eigenvalue weighted by molar-refractivity contribution is -0.113. The van der Waals surface area contributed by atoms with Gasteiger partial charge in [0, 0.05) is 22.3 Å². The van der Waals surface area contributed by atoms with Gasteiger partial charge < -0.3 is 5.32 Å². The number of halogens is 1. The maximum absolute atomic E-state index is 12.4. The number of amides is 1. The van der Waals surface area contributed by atoms with E-state index >= 15 is 0 Å². The third-order valence-corrected chi connectivity index (χ3v) is 6.21. The normalized spacial score (nSPS) is 10.5. The standard InChI is InChI=1S/C20H17ClN4OS2/c1-14-15(21)5-4-7-17(14)25-11-10-23-20(25)28-13-19(26)24-16-6-2-3-8-18(16)27-12-9-22/h2-8,10-11H,12-13H2,1H3,(H,24,26). The monoisotopic (exact) mass is 428 g/mol. The van der Waals surface area contributed by atoms with Crippen LogP contribution in [0, 0.1) is 18.3 Å². The molecule has 142 valence electrons. The van der Waals surface area contributed by atoms with Crippen molar-refractivity contribution in [3.05, 3.63) is 65.4 Å². The summed E-state index contributed by atoms with van der Waals surface area (Å²) < 4.78 is 1.93. The minimum atomic E-state index is -0.132. The molecule has 0 unspecified atom stereocenters. The highest BCUT2D eigenvalue weighted by molar-refractivity contribution is 8.00. The van der Waals surface area contributed by atoms with Crippen molar-refractivity contribution in [1.82, 2.24) is 9.55 Å². The van der Waals surface area contributed by atoms with Gasteiger partial charge >= 0.3 is 0 Å². The van der Waals surface area contributed by atoms with Gasteiger partial charge in [0.15, 0.2) is 5.16 Å². The molecule has 0 bridgehead atoms.